The molecule has 1 heterocycles. The molecule has 0 spiro atoms. The number of carbonyl (C=O) groups is 1. The van der Waals surface area contributed by atoms with E-state index < -0.39 is 0 Å². The summed E-state index contributed by atoms with van der Waals surface area (Å²) < 4.78 is 0. The Hall–Kier alpha value is -1.39. The van der Waals surface area contributed by atoms with Gasteiger partial charge in [-0.1, -0.05) is 18.2 Å². The van der Waals surface area contributed by atoms with Gasteiger partial charge in [0.1, 0.15) is 6.04 Å². The lowest BCUT2D eigenvalue weighted by Gasteiger charge is -2.20. The lowest BCUT2D eigenvalue weighted by molar-refractivity contribution is -0.122. The first-order valence-corrected chi connectivity index (χ1v) is 5.04. The quantitative estimate of drug-likeness (QED) is 0.737. The fourth-order valence-corrected chi connectivity index (χ4v) is 1.47. The molecule has 1 aliphatic heterocycles. The van der Waals surface area contributed by atoms with E-state index in [0.29, 0.717) is 18.8 Å². The molecule has 2 rings (SSSR count). The summed E-state index contributed by atoms with van der Waals surface area (Å²) in [5.41, 5.74) is 0.697. The smallest absolute Gasteiger partial charge is 0.266 e. The highest BCUT2D eigenvalue weighted by Gasteiger charge is 2.22. The number of hydrogen-bond acceptors (Lipinski definition) is 2. The van der Waals surface area contributed by atoms with Crippen LogP contribution in [-0.2, 0) is 4.79 Å². The number of nitrogens with one attached hydrogen (secondary N) is 1. The third kappa shape index (κ3) is 2.78. The summed E-state index contributed by atoms with van der Waals surface area (Å²) in [7, 11) is 0. The van der Waals surface area contributed by atoms with E-state index in [2.05, 4.69) is 16.0 Å². The topological polar surface area (TPSA) is 57.3 Å². The van der Waals surface area contributed by atoms with Gasteiger partial charge in [0.05, 0.1) is 5.69 Å². The average Bonchev–Trinajstić information content (AvgIpc) is 2.31. The summed E-state index contributed by atoms with van der Waals surface area (Å²) in [6.07, 6.45) is 0. The van der Waals surface area contributed by atoms with Crippen molar-refractivity contribution in [3.05, 3.63) is 30.3 Å². The van der Waals surface area contributed by atoms with Crippen LogP contribution in [0.1, 0.15) is 0 Å². The van der Waals surface area contributed by atoms with Crippen LogP contribution in [0.3, 0.4) is 0 Å². The van der Waals surface area contributed by atoms with Crippen molar-refractivity contribution in [1.29, 1.82) is 0 Å². The molecule has 1 saturated heterocycles. The number of benzene rings is 1. The van der Waals surface area contributed by atoms with Crippen molar-refractivity contribution in [2.24, 2.45) is 0 Å². The van der Waals surface area contributed by atoms with Gasteiger partial charge in [0.15, 0.2) is 0 Å². The second kappa shape index (κ2) is 4.91. The zero-order valence-corrected chi connectivity index (χ0v) is 8.39. The van der Waals surface area contributed by atoms with Gasteiger partial charge < -0.3 is 5.32 Å². The van der Waals surface area contributed by atoms with Gasteiger partial charge in [0, 0.05) is 19.6 Å². The standard InChI is InChI=1S/C11H13N3O/c15-11(10-8-12-6-7-13-10)14-9-4-2-1-3-5-9/h1-5,10,12H,6-8H2. The molecule has 15 heavy (non-hydrogen) atoms. The molecule has 2 radical (unpaired) electrons. The molecule has 1 amide bonds. The van der Waals surface area contributed by atoms with E-state index in [1.807, 2.05) is 30.3 Å². The predicted molar refractivity (Wildman–Crippen MR) is 56.9 cm³/mol. The van der Waals surface area contributed by atoms with Crippen LogP contribution in [0.5, 0.6) is 0 Å². The molecule has 4 nitrogen and oxygen atoms in total. The fraction of sp³-hybridized carbons (Fsp3) is 0.364. The van der Waals surface area contributed by atoms with Gasteiger partial charge in [0.2, 0.25) is 0 Å². The highest BCUT2D eigenvalue weighted by Crippen LogP contribution is 2.06. The largest absolute Gasteiger partial charge is 0.313 e. The molecule has 1 aromatic rings. The second-order valence-corrected chi connectivity index (χ2v) is 3.41. The van der Waals surface area contributed by atoms with Crippen molar-refractivity contribution in [3.63, 3.8) is 0 Å². The lowest BCUT2D eigenvalue weighted by Crippen LogP contribution is -2.50. The Balaban J connectivity index is 1.91. The minimum absolute atomic E-state index is 0.159. The van der Waals surface area contributed by atoms with Crippen LogP contribution >= 0.6 is 0 Å². The Morgan fingerprint density at radius 2 is 2.20 bits per heavy atom. The van der Waals surface area contributed by atoms with Crippen LogP contribution in [0, 0.1) is 0 Å². The minimum atomic E-state index is -0.307. The first-order valence-electron chi connectivity index (χ1n) is 5.04. The van der Waals surface area contributed by atoms with Crippen LogP contribution in [0.25, 0.3) is 0 Å². The van der Waals surface area contributed by atoms with Crippen LogP contribution < -0.4 is 16.0 Å². The highest BCUT2D eigenvalue weighted by atomic mass is 16.2. The summed E-state index contributed by atoms with van der Waals surface area (Å²) >= 11 is 0. The maximum Gasteiger partial charge on any atom is 0.266 e. The highest BCUT2D eigenvalue weighted by molar-refractivity contribution is 5.85. The van der Waals surface area contributed by atoms with Gasteiger partial charge in [-0.3, -0.25) is 4.79 Å². The van der Waals surface area contributed by atoms with Gasteiger partial charge in [-0.25, -0.2) is 10.6 Å². The summed E-state index contributed by atoms with van der Waals surface area (Å²) in [6.45, 7) is 2.16. The number of hydrogen-bond donors (Lipinski definition) is 1. The Morgan fingerprint density at radius 3 is 2.87 bits per heavy atom. The number of carbonyl (C=O) groups excluding carboxylic acids is 1. The summed E-state index contributed by atoms with van der Waals surface area (Å²) in [5.74, 6) is -0.159. The van der Waals surface area contributed by atoms with Gasteiger partial charge in [0.25, 0.3) is 5.91 Å². The Labute approximate surface area is 89.1 Å². The molecule has 1 fully saturated rings. The van der Waals surface area contributed by atoms with Gasteiger partial charge >= 0.3 is 0 Å². The Bertz CT molecular complexity index is 320. The third-order valence-corrected chi connectivity index (χ3v) is 2.26. The molecular formula is C11H13N3O. The summed E-state index contributed by atoms with van der Waals surface area (Å²) in [5, 5.41) is 11.4. The van der Waals surface area contributed by atoms with E-state index >= 15 is 0 Å². The molecular weight excluding hydrogens is 190 g/mol. The van der Waals surface area contributed by atoms with Gasteiger partial charge in [-0.15, -0.1) is 0 Å². The van der Waals surface area contributed by atoms with Crippen LogP contribution in [0.15, 0.2) is 30.3 Å². The predicted octanol–water partition coefficient (Wildman–Crippen LogP) is 0.0253. The summed E-state index contributed by atoms with van der Waals surface area (Å²) in [6, 6.07) is 8.95. The van der Waals surface area contributed by atoms with E-state index in [0.717, 1.165) is 6.54 Å². The third-order valence-electron chi connectivity index (χ3n) is 2.26. The number of amides is 1. The number of rotatable bonds is 2. The van der Waals surface area contributed by atoms with E-state index in [-0.39, 0.29) is 11.9 Å². The van der Waals surface area contributed by atoms with Gasteiger partial charge in [-0.05, 0) is 12.1 Å². The van der Waals surface area contributed by atoms with E-state index in [4.69, 9.17) is 0 Å². The van der Waals surface area contributed by atoms with Crippen LogP contribution in [0.4, 0.5) is 5.69 Å². The molecule has 1 aromatic carbocycles. The molecule has 78 valence electrons. The fourth-order valence-electron chi connectivity index (χ4n) is 1.47. The molecule has 0 saturated carbocycles. The lowest BCUT2D eigenvalue weighted by atomic mass is 10.2. The molecule has 1 aliphatic rings. The Kier molecular flexibility index (Phi) is 3.32. The van der Waals surface area contributed by atoms with E-state index in [1.165, 1.54) is 0 Å². The number of nitrogens with zero attached hydrogens (tertiary/aromatic N) is 2. The minimum Gasteiger partial charge on any atom is -0.313 e. The van der Waals surface area contributed by atoms with Crippen molar-refractivity contribution >= 4 is 11.6 Å². The van der Waals surface area contributed by atoms with Crippen LogP contribution in [-0.4, -0.2) is 31.6 Å². The first kappa shape index (κ1) is 10.1. The molecule has 0 bridgehead atoms. The van der Waals surface area contributed by atoms with Crippen molar-refractivity contribution in [3.8, 4) is 0 Å². The molecule has 1 atom stereocenters. The normalized spacial score (nSPS) is 20.9. The van der Waals surface area contributed by atoms with Gasteiger partial charge in [-0.2, -0.15) is 0 Å². The maximum absolute atomic E-state index is 11.7. The van der Waals surface area contributed by atoms with Crippen molar-refractivity contribution in [2.75, 3.05) is 19.6 Å². The monoisotopic (exact) mass is 203 g/mol. The van der Waals surface area contributed by atoms with E-state index in [1.54, 1.807) is 0 Å². The number of para-hydroxylation sites is 1. The van der Waals surface area contributed by atoms with Crippen molar-refractivity contribution in [2.45, 2.75) is 6.04 Å². The van der Waals surface area contributed by atoms with Crippen LogP contribution in [0.2, 0.25) is 0 Å². The average molecular weight is 203 g/mol. The zero-order chi connectivity index (χ0) is 10.5. The molecule has 0 aromatic heterocycles. The first-order chi connectivity index (χ1) is 7.36. The van der Waals surface area contributed by atoms with E-state index in [9.17, 15) is 4.79 Å². The number of piperazine rings is 1. The summed E-state index contributed by atoms with van der Waals surface area (Å²) in [4.78, 5) is 11.7. The SMILES string of the molecule is O=C([N]c1ccccc1)C1CNCC[N]1. The Morgan fingerprint density at radius 1 is 1.40 bits per heavy atom. The molecule has 1 N–H and O–H groups in total. The second-order valence-electron chi connectivity index (χ2n) is 3.41. The zero-order valence-electron chi connectivity index (χ0n) is 8.39. The van der Waals surface area contributed by atoms with Crippen molar-refractivity contribution in [1.82, 2.24) is 16.0 Å². The van der Waals surface area contributed by atoms with Crippen molar-refractivity contribution < 1.29 is 4.79 Å². The molecule has 4 heteroatoms. The molecule has 0 aliphatic carbocycles. The molecule has 1 unspecified atom stereocenters. The maximum atomic E-state index is 11.7.